The van der Waals surface area contributed by atoms with Crippen LogP contribution in [0.1, 0.15) is 41.1 Å². The monoisotopic (exact) mass is 343 g/mol. The van der Waals surface area contributed by atoms with Gasteiger partial charge in [0.25, 0.3) is 5.91 Å². The fraction of sp³-hybridized carbons (Fsp3) is 0.474. The van der Waals surface area contributed by atoms with Crippen molar-refractivity contribution in [1.82, 2.24) is 14.7 Å². The summed E-state index contributed by atoms with van der Waals surface area (Å²) in [6.45, 7) is 1.48. The van der Waals surface area contributed by atoms with Crippen molar-refractivity contribution < 1.29 is 14.3 Å². The third kappa shape index (κ3) is 3.78. The minimum atomic E-state index is -0.00892. The highest BCUT2D eigenvalue weighted by Gasteiger charge is 2.27. The van der Waals surface area contributed by atoms with E-state index in [2.05, 4.69) is 17.2 Å². The molecule has 25 heavy (non-hydrogen) atoms. The van der Waals surface area contributed by atoms with Gasteiger partial charge in [-0.1, -0.05) is 18.6 Å². The number of hydrogen-bond acceptors (Lipinski definition) is 4. The zero-order valence-electron chi connectivity index (χ0n) is 15.1. The van der Waals surface area contributed by atoms with Gasteiger partial charge in [0.1, 0.15) is 11.3 Å². The Labute approximate surface area is 148 Å². The number of nitrogens with zero attached hydrogens (tertiary/aromatic N) is 3. The lowest BCUT2D eigenvalue weighted by Gasteiger charge is -2.24. The molecule has 6 heteroatoms. The summed E-state index contributed by atoms with van der Waals surface area (Å²) >= 11 is 0. The van der Waals surface area contributed by atoms with E-state index < -0.39 is 0 Å². The van der Waals surface area contributed by atoms with Crippen molar-refractivity contribution in [2.45, 2.75) is 25.2 Å². The topological polar surface area (TPSA) is 56.6 Å². The maximum Gasteiger partial charge on any atom is 0.260 e. The molecule has 1 aliphatic rings. The fourth-order valence-electron chi connectivity index (χ4n) is 3.41. The van der Waals surface area contributed by atoms with E-state index in [9.17, 15) is 4.79 Å². The summed E-state index contributed by atoms with van der Waals surface area (Å²) in [5, 5.41) is 4.20. The van der Waals surface area contributed by atoms with E-state index in [1.807, 2.05) is 17.0 Å². The summed E-state index contributed by atoms with van der Waals surface area (Å²) in [5.41, 5.74) is 1.78. The van der Waals surface area contributed by atoms with E-state index in [0.29, 0.717) is 23.9 Å². The molecule has 1 fully saturated rings. The second-order valence-electron chi connectivity index (χ2n) is 6.44. The van der Waals surface area contributed by atoms with Gasteiger partial charge in [-0.3, -0.25) is 9.48 Å². The molecule has 1 atom stereocenters. The number of carbonyl (C=O) groups is 1. The highest BCUT2D eigenvalue weighted by atomic mass is 16.5. The molecule has 1 aliphatic heterocycles. The normalized spacial score (nSPS) is 17.9. The van der Waals surface area contributed by atoms with Crippen LogP contribution in [0.5, 0.6) is 11.6 Å². The third-order valence-electron chi connectivity index (χ3n) is 4.76. The first-order chi connectivity index (χ1) is 12.1. The number of carbonyl (C=O) groups excluding carboxylic acids is 1. The number of ether oxygens (including phenoxy) is 2. The Morgan fingerprint density at radius 1 is 1.16 bits per heavy atom. The van der Waals surface area contributed by atoms with Crippen molar-refractivity contribution in [2.24, 2.45) is 7.05 Å². The van der Waals surface area contributed by atoms with Crippen LogP contribution in [0, 0.1) is 0 Å². The standard InChI is InChI=1S/C19H25N3O3/c1-21-13-17(18(20-21)25-3)19(23)22-11-5-4-6-15(12-22)14-7-9-16(24-2)10-8-14/h7-10,13,15H,4-6,11-12H2,1-3H3. The molecular weight excluding hydrogens is 318 g/mol. The van der Waals surface area contributed by atoms with Crippen molar-refractivity contribution in [3.63, 3.8) is 0 Å². The average Bonchev–Trinajstić information content (AvgIpc) is 2.86. The summed E-state index contributed by atoms with van der Waals surface area (Å²) in [5.74, 6) is 1.56. The third-order valence-corrected chi connectivity index (χ3v) is 4.76. The first kappa shape index (κ1) is 17.3. The number of methoxy groups -OCH3 is 2. The lowest BCUT2D eigenvalue weighted by Crippen LogP contribution is -2.34. The summed E-state index contributed by atoms with van der Waals surface area (Å²) < 4.78 is 12.1. The quantitative estimate of drug-likeness (QED) is 0.856. The van der Waals surface area contributed by atoms with Crippen molar-refractivity contribution in [3.05, 3.63) is 41.6 Å². The van der Waals surface area contributed by atoms with Crippen LogP contribution in [-0.2, 0) is 7.05 Å². The number of rotatable bonds is 4. The molecule has 1 unspecified atom stereocenters. The molecule has 0 N–H and O–H groups in total. The summed E-state index contributed by atoms with van der Waals surface area (Å²) in [4.78, 5) is 14.9. The Hall–Kier alpha value is -2.50. The van der Waals surface area contributed by atoms with E-state index in [1.54, 1.807) is 32.1 Å². The van der Waals surface area contributed by atoms with Gasteiger partial charge in [0.05, 0.1) is 14.2 Å². The predicted octanol–water partition coefficient (Wildman–Crippen LogP) is 2.85. The predicted molar refractivity (Wildman–Crippen MR) is 95.2 cm³/mol. The molecule has 2 aromatic rings. The molecule has 134 valence electrons. The SMILES string of the molecule is COc1ccc(C2CCCCN(C(=O)c3cn(C)nc3OC)C2)cc1. The van der Waals surface area contributed by atoms with Crippen LogP contribution in [0.25, 0.3) is 0 Å². The van der Waals surface area contributed by atoms with Crippen molar-refractivity contribution in [1.29, 1.82) is 0 Å². The van der Waals surface area contributed by atoms with Crippen LogP contribution < -0.4 is 9.47 Å². The molecule has 0 radical (unpaired) electrons. The van der Waals surface area contributed by atoms with Gasteiger partial charge in [0, 0.05) is 32.3 Å². The van der Waals surface area contributed by atoms with Crippen LogP contribution in [-0.4, -0.2) is 47.9 Å². The van der Waals surface area contributed by atoms with E-state index >= 15 is 0 Å². The molecule has 2 heterocycles. The maximum atomic E-state index is 13.0. The van der Waals surface area contributed by atoms with E-state index in [1.165, 1.54) is 5.56 Å². The number of aryl methyl sites for hydroxylation is 1. The first-order valence-electron chi connectivity index (χ1n) is 8.63. The molecule has 0 saturated carbocycles. The molecule has 1 aromatic heterocycles. The van der Waals surface area contributed by atoms with E-state index in [-0.39, 0.29) is 5.91 Å². The second-order valence-corrected chi connectivity index (χ2v) is 6.44. The van der Waals surface area contributed by atoms with Gasteiger partial charge in [-0.05, 0) is 30.5 Å². The number of benzene rings is 1. The molecule has 1 aromatic carbocycles. The Morgan fingerprint density at radius 3 is 2.60 bits per heavy atom. The summed E-state index contributed by atoms with van der Waals surface area (Å²) in [6, 6.07) is 8.16. The molecule has 6 nitrogen and oxygen atoms in total. The largest absolute Gasteiger partial charge is 0.497 e. The maximum absolute atomic E-state index is 13.0. The molecule has 1 amide bonds. The van der Waals surface area contributed by atoms with Crippen LogP contribution in [0.2, 0.25) is 0 Å². The van der Waals surface area contributed by atoms with Crippen LogP contribution in [0.4, 0.5) is 0 Å². The van der Waals surface area contributed by atoms with Gasteiger partial charge in [-0.15, -0.1) is 5.10 Å². The number of aromatic nitrogens is 2. The Bertz CT molecular complexity index is 724. The van der Waals surface area contributed by atoms with Crippen LogP contribution >= 0.6 is 0 Å². The number of likely N-dealkylation sites (tertiary alicyclic amines) is 1. The zero-order chi connectivity index (χ0) is 17.8. The molecule has 0 spiro atoms. The number of amides is 1. The minimum absolute atomic E-state index is 0.00892. The van der Waals surface area contributed by atoms with E-state index in [4.69, 9.17) is 9.47 Å². The van der Waals surface area contributed by atoms with Gasteiger partial charge in [0.15, 0.2) is 0 Å². The Kier molecular flexibility index (Phi) is 5.26. The van der Waals surface area contributed by atoms with E-state index in [0.717, 1.165) is 31.6 Å². The summed E-state index contributed by atoms with van der Waals surface area (Å²) in [6.07, 6.45) is 4.94. The van der Waals surface area contributed by atoms with Gasteiger partial charge >= 0.3 is 0 Å². The fourth-order valence-corrected chi connectivity index (χ4v) is 3.41. The molecule has 0 aliphatic carbocycles. The van der Waals surface area contributed by atoms with Gasteiger partial charge in [-0.25, -0.2) is 0 Å². The van der Waals surface area contributed by atoms with Crippen molar-refractivity contribution in [3.8, 4) is 11.6 Å². The lowest BCUT2D eigenvalue weighted by molar-refractivity contribution is 0.0751. The zero-order valence-corrected chi connectivity index (χ0v) is 15.1. The van der Waals surface area contributed by atoms with Crippen molar-refractivity contribution >= 4 is 5.91 Å². The molecule has 0 bridgehead atoms. The lowest BCUT2D eigenvalue weighted by atomic mass is 9.94. The van der Waals surface area contributed by atoms with Gasteiger partial charge in [-0.2, -0.15) is 0 Å². The van der Waals surface area contributed by atoms with Crippen LogP contribution in [0.15, 0.2) is 30.5 Å². The highest BCUT2D eigenvalue weighted by molar-refractivity contribution is 5.96. The van der Waals surface area contributed by atoms with Gasteiger partial charge < -0.3 is 14.4 Å². The van der Waals surface area contributed by atoms with Crippen LogP contribution in [0.3, 0.4) is 0 Å². The first-order valence-corrected chi connectivity index (χ1v) is 8.63. The molecular formula is C19H25N3O3. The average molecular weight is 343 g/mol. The second kappa shape index (κ2) is 7.59. The summed E-state index contributed by atoms with van der Waals surface area (Å²) in [7, 11) is 5.01. The smallest absolute Gasteiger partial charge is 0.260 e. The Morgan fingerprint density at radius 2 is 1.92 bits per heavy atom. The Balaban J connectivity index is 1.80. The molecule has 1 saturated heterocycles. The molecule has 3 rings (SSSR count). The van der Waals surface area contributed by atoms with Crippen molar-refractivity contribution in [2.75, 3.05) is 27.3 Å². The van der Waals surface area contributed by atoms with Gasteiger partial charge in [0.2, 0.25) is 5.88 Å². The number of hydrogen-bond donors (Lipinski definition) is 0. The minimum Gasteiger partial charge on any atom is -0.497 e. The highest BCUT2D eigenvalue weighted by Crippen LogP contribution is 2.29.